The van der Waals surface area contributed by atoms with Gasteiger partial charge in [0.15, 0.2) is 5.65 Å². The van der Waals surface area contributed by atoms with Crippen LogP contribution >= 0.6 is 0 Å². The molecule has 3 rings (SSSR count). The van der Waals surface area contributed by atoms with Crippen molar-refractivity contribution in [3.05, 3.63) is 29.7 Å². The number of nitrogens with zero attached hydrogens (tertiary/aromatic N) is 3. The van der Waals surface area contributed by atoms with Crippen LogP contribution in [0.4, 0.5) is 0 Å². The first-order chi connectivity index (χ1) is 9.25. The van der Waals surface area contributed by atoms with Crippen LogP contribution in [-0.2, 0) is 11.2 Å². The fourth-order valence-electron chi connectivity index (χ4n) is 2.47. The molecule has 0 amide bonds. The quantitative estimate of drug-likeness (QED) is 0.906. The Morgan fingerprint density at radius 1 is 1.42 bits per heavy atom. The Labute approximate surface area is 110 Å². The summed E-state index contributed by atoms with van der Waals surface area (Å²) >= 11 is 0. The lowest BCUT2D eigenvalue weighted by Gasteiger charge is -2.21. The van der Waals surface area contributed by atoms with E-state index in [2.05, 4.69) is 10.2 Å². The van der Waals surface area contributed by atoms with E-state index in [-0.39, 0.29) is 11.8 Å². The number of carboxylic acids is 1. The fraction of sp³-hybridized carbons (Fsp3) is 0.462. The van der Waals surface area contributed by atoms with Crippen molar-refractivity contribution in [3.63, 3.8) is 0 Å². The minimum absolute atomic E-state index is 0.114. The van der Waals surface area contributed by atoms with Gasteiger partial charge >= 0.3 is 5.97 Å². The largest absolute Gasteiger partial charge is 0.477 e. The Hall–Kier alpha value is -1.95. The minimum Gasteiger partial charge on any atom is -0.477 e. The molecule has 0 bridgehead atoms. The Morgan fingerprint density at radius 3 is 3.05 bits per heavy atom. The van der Waals surface area contributed by atoms with Gasteiger partial charge in [-0.3, -0.25) is 4.40 Å². The summed E-state index contributed by atoms with van der Waals surface area (Å²) in [5.41, 5.74) is 0.749. The summed E-state index contributed by atoms with van der Waals surface area (Å²) in [5, 5.41) is 17.3. The molecule has 2 aromatic heterocycles. The topological polar surface area (TPSA) is 76.7 Å². The fourth-order valence-corrected chi connectivity index (χ4v) is 2.47. The summed E-state index contributed by atoms with van der Waals surface area (Å²) in [6.45, 7) is 0.771. The Balaban J connectivity index is 1.96. The van der Waals surface area contributed by atoms with Gasteiger partial charge in [0.05, 0.1) is 6.10 Å². The predicted octanol–water partition coefficient (Wildman–Crippen LogP) is 1.54. The molecule has 0 saturated carbocycles. The van der Waals surface area contributed by atoms with E-state index in [1.54, 1.807) is 22.6 Å². The molecule has 6 heteroatoms. The van der Waals surface area contributed by atoms with Gasteiger partial charge in [-0.05, 0) is 31.4 Å². The van der Waals surface area contributed by atoms with Crippen LogP contribution < -0.4 is 0 Å². The molecule has 1 unspecified atom stereocenters. The first-order valence-corrected chi connectivity index (χ1v) is 6.43. The van der Waals surface area contributed by atoms with Gasteiger partial charge in [-0.1, -0.05) is 6.07 Å². The number of hydrogen-bond donors (Lipinski definition) is 1. The van der Waals surface area contributed by atoms with Gasteiger partial charge in [-0.25, -0.2) is 4.79 Å². The van der Waals surface area contributed by atoms with Crippen molar-refractivity contribution in [3.8, 4) is 0 Å². The molecule has 1 saturated heterocycles. The lowest BCUT2D eigenvalue weighted by atomic mass is 10.1. The van der Waals surface area contributed by atoms with Gasteiger partial charge in [-0.2, -0.15) is 0 Å². The van der Waals surface area contributed by atoms with Crippen molar-refractivity contribution in [1.82, 2.24) is 14.6 Å². The second-order valence-electron chi connectivity index (χ2n) is 4.72. The van der Waals surface area contributed by atoms with Crippen LogP contribution in [0.15, 0.2) is 18.2 Å². The third kappa shape index (κ3) is 2.31. The molecule has 19 heavy (non-hydrogen) atoms. The van der Waals surface area contributed by atoms with Crippen molar-refractivity contribution in [2.75, 3.05) is 6.61 Å². The molecule has 100 valence electrons. The number of carbonyl (C=O) groups is 1. The Morgan fingerprint density at radius 2 is 2.32 bits per heavy atom. The number of pyridine rings is 1. The van der Waals surface area contributed by atoms with Crippen LogP contribution in [-0.4, -0.2) is 38.4 Å². The number of hydrogen-bond acceptors (Lipinski definition) is 4. The number of aromatic carboxylic acids is 1. The molecule has 0 aliphatic carbocycles. The van der Waals surface area contributed by atoms with E-state index < -0.39 is 5.97 Å². The van der Waals surface area contributed by atoms with Gasteiger partial charge < -0.3 is 9.84 Å². The molecule has 0 radical (unpaired) electrons. The number of aromatic nitrogens is 3. The maximum absolute atomic E-state index is 11.2. The van der Waals surface area contributed by atoms with E-state index in [0.29, 0.717) is 17.9 Å². The summed E-state index contributed by atoms with van der Waals surface area (Å²) in [6, 6.07) is 4.99. The van der Waals surface area contributed by atoms with Crippen LogP contribution in [0.2, 0.25) is 0 Å². The third-order valence-corrected chi connectivity index (χ3v) is 3.40. The Kier molecular flexibility index (Phi) is 3.16. The van der Waals surface area contributed by atoms with Gasteiger partial charge in [-0.15, -0.1) is 10.2 Å². The maximum Gasteiger partial charge on any atom is 0.352 e. The summed E-state index contributed by atoms with van der Waals surface area (Å²) in [6.07, 6.45) is 3.95. The van der Waals surface area contributed by atoms with Gasteiger partial charge in [0.1, 0.15) is 11.5 Å². The van der Waals surface area contributed by atoms with E-state index in [9.17, 15) is 9.90 Å². The number of fused-ring (bicyclic) bond motifs is 1. The monoisotopic (exact) mass is 261 g/mol. The zero-order valence-electron chi connectivity index (χ0n) is 10.5. The van der Waals surface area contributed by atoms with Crippen LogP contribution in [0.25, 0.3) is 5.65 Å². The average molecular weight is 261 g/mol. The lowest BCUT2D eigenvalue weighted by Crippen LogP contribution is -2.23. The molecule has 0 spiro atoms. The van der Waals surface area contributed by atoms with Crippen LogP contribution in [0.3, 0.4) is 0 Å². The van der Waals surface area contributed by atoms with E-state index in [1.165, 1.54) is 0 Å². The van der Waals surface area contributed by atoms with E-state index in [0.717, 1.165) is 25.9 Å². The lowest BCUT2D eigenvalue weighted by molar-refractivity contribution is 0.0154. The second-order valence-corrected chi connectivity index (χ2v) is 4.72. The van der Waals surface area contributed by atoms with Crippen LogP contribution in [0, 0.1) is 0 Å². The van der Waals surface area contributed by atoms with Gasteiger partial charge in [0, 0.05) is 13.0 Å². The number of carboxylic acid groups (broad SMARTS) is 1. The normalized spacial score (nSPS) is 19.7. The minimum atomic E-state index is -0.976. The predicted molar refractivity (Wildman–Crippen MR) is 67.2 cm³/mol. The molecule has 1 aliphatic heterocycles. The average Bonchev–Trinajstić information content (AvgIpc) is 2.83. The van der Waals surface area contributed by atoms with E-state index in [1.807, 2.05) is 0 Å². The highest BCUT2D eigenvalue weighted by Gasteiger charge is 2.20. The maximum atomic E-state index is 11.2. The standard InChI is InChI=1S/C13H15N3O3/c17-13(18)10-5-3-6-11-14-15-12(16(10)11)8-9-4-1-2-7-19-9/h3,5-6,9H,1-2,4,7-8H2,(H,17,18). The Bertz CT molecular complexity index is 602. The molecular formula is C13H15N3O3. The van der Waals surface area contributed by atoms with Crippen molar-refractivity contribution in [1.29, 1.82) is 0 Å². The number of ether oxygens (including phenoxy) is 1. The highest BCUT2D eigenvalue weighted by atomic mass is 16.5. The summed E-state index contributed by atoms with van der Waals surface area (Å²) in [5.74, 6) is -0.323. The first kappa shape index (κ1) is 12.1. The molecule has 1 fully saturated rings. The molecule has 0 aromatic carbocycles. The molecule has 1 atom stereocenters. The number of rotatable bonds is 3. The zero-order chi connectivity index (χ0) is 13.2. The SMILES string of the molecule is O=C(O)c1cccc2nnc(CC3CCCCO3)n12. The summed E-state index contributed by atoms with van der Waals surface area (Å²) in [4.78, 5) is 11.2. The van der Waals surface area contributed by atoms with Crippen molar-refractivity contribution < 1.29 is 14.6 Å². The van der Waals surface area contributed by atoms with Gasteiger partial charge in [0.2, 0.25) is 0 Å². The zero-order valence-corrected chi connectivity index (χ0v) is 10.5. The van der Waals surface area contributed by atoms with Crippen LogP contribution in [0.5, 0.6) is 0 Å². The molecular weight excluding hydrogens is 246 g/mol. The highest BCUT2D eigenvalue weighted by molar-refractivity contribution is 5.86. The molecule has 3 heterocycles. The first-order valence-electron chi connectivity index (χ1n) is 6.43. The molecule has 1 N–H and O–H groups in total. The molecule has 2 aromatic rings. The van der Waals surface area contributed by atoms with E-state index >= 15 is 0 Å². The van der Waals surface area contributed by atoms with Crippen LogP contribution in [0.1, 0.15) is 35.6 Å². The molecule has 1 aliphatic rings. The van der Waals surface area contributed by atoms with Crippen molar-refractivity contribution >= 4 is 11.6 Å². The second kappa shape index (κ2) is 4.97. The summed E-state index contributed by atoms with van der Waals surface area (Å²) < 4.78 is 7.27. The van der Waals surface area contributed by atoms with E-state index in [4.69, 9.17) is 4.74 Å². The third-order valence-electron chi connectivity index (χ3n) is 3.40. The highest BCUT2D eigenvalue weighted by Crippen LogP contribution is 2.18. The van der Waals surface area contributed by atoms with Gasteiger partial charge in [0.25, 0.3) is 0 Å². The summed E-state index contributed by atoms with van der Waals surface area (Å²) in [7, 11) is 0. The van der Waals surface area contributed by atoms with Crippen molar-refractivity contribution in [2.24, 2.45) is 0 Å². The molecule has 6 nitrogen and oxygen atoms in total. The smallest absolute Gasteiger partial charge is 0.352 e. The van der Waals surface area contributed by atoms with Crippen molar-refractivity contribution in [2.45, 2.75) is 31.8 Å².